The monoisotopic (exact) mass is 241 g/mol. The molecule has 0 fully saturated rings. The Labute approximate surface area is 108 Å². The maximum atomic E-state index is 5.62. The molecule has 0 aliphatic heterocycles. The number of nitrogens with two attached hydrogens (primary N) is 1. The summed E-state index contributed by atoms with van der Waals surface area (Å²) in [5, 5.41) is 0. The van der Waals surface area contributed by atoms with E-state index in [0.29, 0.717) is 0 Å². The third-order valence-corrected chi connectivity index (χ3v) is 3.13. The molecule has 2 aromatic rings. The van der Waals surface area contributed by atoms with Crippen LogP contribution >= 0.6 is 0 Å². The van der Waals surface area contributed by atoms with Crippen LogP contribution in [0.3, 0.4) is 0 Å². The van der Waals surface area contributed by atoms with Gasteiger partial charge in [0.25, 0.3) is 0 Å². The Morgan fingerprint density at radius 2 is 2.00 bits per heavy atom. The zero-order chi connectivity index (χ0) is 12.8. The molecule has 1 unspecified atom stereocenters. The Bertz CT molecular complexity index is 465. The van der Waals surface area contributed by atoms with E-state index in [0.717, 1.165) is 18.4 Å². The molecule has 0 spiro atoms. The van der Waals surface area contributed by atoms with E-state index in [4.69, 9.17) is 5.84 Å². The molecule has 1 aromatic heterocycles. The second-order valence-electron chi connectivity index (χ2n) is 4.53. The van der Waals surface area contributed by atoms with Crippen LogP contribution < -0.4 is 11.3 Å². The standard InChI is InChI=1S/C15H19N3/c1-12-4-6-13(7-5-12)8-9-15(18-16)14-3-2-10-17-11-14/h2-7,10-11,15,18H,8-9,16H2,1H3. The van der Waals surface area contributed by atoms with Crippen LogP contribution in [0.4, 0.5) is 0 Å². The molecule has 1 aromatic carbocycles. The van der Waals surface area contributed by atoms with Crippen LogP contribution in [-0.2, 0) is 6.42 Å². The second kappa shape index (κ2) is 6.28. The molecule has 0 amide bonds. The summed E-state index contributed by atoms with van der Waals surface area (Å²) in [5.74, 6) is 5.62. The molecule has 94 valence electrons. The first kappa shape index (κ1) is 12.7. The number of pyridine rings is 1. The van der Waals surface area contributed by atoms with Gasteiger partial charge in [0.2, 0.25) is 0 Å². The number of benzene rings is 1. The highest BCUT2D eigenvalue weighted by Gasteiger charge is 2.09. The molecule has 0 bridgehead atoms. The highest BCUT2D eigenvalue weighted by Crippen LogP contribution is 2.17. The van der Waals surface area contributed by atoms with Gasteiger partial charge in [-0.3, -0.25) is 16.3 Å². The zero-order valence-corrected chi connectivity index (χ0v) is 10.6. The molecule has 0 saturated heterocycles. The SMILES string of the molecule is Cc1ccc(CCC(NN)c2cccnc2)cc1. The van der Waals surface area contributed by atoms with Crippen molar-refractivity contribution in [2.24, 2.45) is 5.84 Å². The molecule has 1 atom stereocenters. The van der Waals surface area contributed by atoms with E-state index in [1.165, 1.54) is 11.1 Å². The molecule has 0 aliphatic carbocycles. The maximum absolute atomic E-state index is 5.62. The minimum absolute atomic E-state index is 0.153. The highest BCUT2D eigenvalue weighted by atomic mass is 15.2. The predicted octanol–water partition coefficient (Wildman–Crippen LogP) is 2.53. The van der Waals surface area contributed by atoms with Crippen LogP contribution in [-0.4, -0.2) is 4.98 Å². The first-order chi connectivity index (χ1) is 8.79. The Balaban J connectivity index is 1.97. The Hall–Kier alpha value is -1.71. The number of rotatable bonds is 5. The number of nitrogens with zero attached hydrogens (tertiary/aromatic N) is 1. The van der Waals surface area contributed by atoms with Crippen LogP contribution in [0, 0.1) is 6.92 Å². The van der Waals surface area contributed by atoms with Crippen LogP contribution in [0.25, 0.3) is 0 Å². The predicted molar refractivity (Wildman–Crippen MR) is 73.8 cm³/mol. The Morgan fingerprint density at radius 3 is 2.61 bits per heavy atom. The molecule has 18 heavy (non-hydrogen) atoms. The molecule has 2 rings (SSSR count). The average molecular weight is 241 g/mol. The largest absolute Gasteiger partial charge is 0.271 e. The number of hydrogen-bond acceptors (Lipinski definition) is 3. The summed E-state index contributed by atoms with van der Waals surface area (Å²) in [6, 6.07) is 12.8. The lowest BCUT2D eigenvalue weighted by Crippen LogP contribution is -2.28. The van der Waals surface area contributed by atoms with Crippen LogP contribution in [0.5, 0.6) is 0 Å². The van der Waals surface area contributed by atoms with Crippen molar-refractivity contribution in [3.05, 3.63) is 65.5 Å². The van der Waals surface area contributed by atoms with Gasteiger partial charge in [0, 0.05) is 18.4 Å². The number of hydrogen-bond donors (Lipinski definition) is 2. The van der Waals surface area contributed by atoms with E-state index < -0.39 is 0 Å². The number of aryl methyl sites for hydroxylation is 2. The van der Waals surface area contributed by atoms with Crippen LogP contribution in [0.2, 0.25) is 0 Å². The van der Waals surface area contributed by atoms with E-state index in [1.54, 1.807) is 6.20 Å². The van der Waals surface area contributed by atoms with Crippen molar-refractivity contribution in [2.75, 3.05) is 0 Å². The van der Waals surface area contributed by atoms with Crippen molar-refractivity contribution in [3.63, 3.8) is 0 Å². The number of hydrazine groups is 1. The van der Waals surface area contributed by atoms with Gasteiger partial charge in [-0.25, -0.2) is 0 Å². The average Bonchev–Trinajstić information content (AvgIpc) is 2.43. The third-order valence-electron chi connectivity index (χ3n) is 3.13. The zero-order valence-electron chi connectivity index (χ0n) is 10.6. The number of aromatic nitrogens is 1. The lowest BCUT2D eigenvalue weighted by Gasteiger charge is -2.15. The molecule has 3 N–H and O–H groups in total. The summed E-state index contributed by atoms with van der Waals surface area (Å²) in [5.41, 5.74) is 6.62. The molecular formula is C15H19N3. The molecule has 0 saturated carbocycles. The summed E-state index contributed by atoms with van der Waals surface area (Å²) in [7, 11) is 0. The summed E-state index contributed by atoms with van der Waals surface area (Å²) in [6.45, 7) is 2.10. The lowest BCUT2D eigenvalue weighted by atomic mass is 10.0. The Morgan fingerprint density at radius 1 is 1.22 bits per heavy atom. The summed E-state index contributed by atoms with van der Waals surface area (Å²) in [4.78, 5) is 4.12. The molecule has 1 heterocycles. The van der Waals surface area contributed by atoms with E-state index in [-0.39, 0.29) is 6.04 Å². The van der Waals surface area contributed by atoms with Crippen LogP contribution in [0.15, 0.2) is 48.8 Å². The fraction of sp³-hybridized carbons (Fsp3) is 0.267. The van der Waals surface area contributed by atoms with Gasteiger partial charge < -0.3 is 0 Å². The minimum atomic E-state index is 0.153. The molecule has 3 heteroatoms. The van der Waals surface area contributed by atoms with Crippen molar-refractivity contribution in [1.82, 2.24) is 10.4 Å². The van der Waals surface area contributed by atoms with Gasteiger partial charge in [-0.15, -0.1) is 0 Å². The lowest BCUT2D eigenvalue weighted by molar-refractivity contribution is 0.515. The van der Waals surface area contributed by atoms with E-state index in [1.807, 2.05) is 18.3 Å². The smallest absolute Gasteiger partial charge is 0.0478 e. The highest BCUT2D eigenvalue weighted by molar-refractivity contribution is 5.22. The van der Waals surface area contributed by atoms with E-state index in [2.05, 4.69) is 41.6 Å². The van der Waals surface area contributed by atoms with Gasteiger partial charge >= 0.3 is 0 Å². The fourth-order valence-electron chi connectivity index (χ4n) is 1.99. The van der Waals surface area contributed by atoms with Crippen molar-refractivity contribution in [3.8, 4) is 0 Å². The normalized spacial score (nSPS) is 12.3. The summed E-state index contributed by atoms with van der Waals surface area (Å²) < 4.78 is 0. The second-order valence-corrected chi connectivity index (χ2v) is 4.53. The maximum Gasteiger partial charge on any atom is 0.0478 e. The van der Waals surface area contributed by atoms with Gasteiger partial charge in [-0.2, -0.15) is 0 Å². The quantitative estimate of drug-likeness (QED) is 0.624. The fourth-order valence-corrected chi connectivity index (χ4v) is 1.99. The van der Waals surface area contributed by atoms with Gasteiger partial charge in [-0.1, -0.05) is 35.9 Å². The molecular weight excluding hydrogens is 222 g/mol. The molecule has 3 nitrogen and oxygen atoms in total. The van der Waals surface area contributed by atoms with Crippen molar-refractivity contribution >= 4 is 0 Å². The van der Waals surface area contributed by atoms with E-state index >= 15 is 0 Å². The van der Waals surface area contributed by atoms with E-state index in [9.17, 15) is 0 Å². The van der Waals surface area contributed by atoms with Crippen LogP contribution in [0.1, 0.15) is 29.2 Å². The van der Waals surface area contributed by atoms with Crippen molar-refractivity contribution < 1.29 is 0 Å². The first-order valence-corrected chi connectivity index (χ1v) is 6.21. The minimum Gasteiger partial charge on any atom is -0.271 e. The van der Waals surface area contributed by atoms with Gasteiger partial charge in [0.05, 0.1) is 0 Å². The molecule has 0 radical (unpaired) electrons. The van der Waals surface area contributed by atoms with Crippen molar-refractivity contribution in [1.29, 1.82) is 0 Å². The van der Waals surface area contributed by atoms with Gasteiger partial charge in [0.1, 0.15) is 0 Å². The molecule has 0 aliphatic rings. The summed E-state index contributed by atoms with van der Waals surface area (Å²) in [6.07, 6.45) is 5.60. The first-order valence-electron chi connectivity index (χ1n) is 6.21. The van der Waals surface area contributed by atoms with Gasteiger partial charge in [-0.05, 0) is 37.0 Å². The number of nitrogens with one attached hydrogen (secondary N) is 1. The van der Waals surface area contributed by atoms with Gasteiger partial charge in [0.15, 0.2) is 0 Å². The Kier molecular flexibility index (Phi) is 4.45. The third kappa shape index (κ3) is 3.39. The topological polar surface area (TPSA) is 50.9 Å². The summed E-state index contributed by atoms with van der Waals surface area (Å²) >= 11 is 0. The van der Waals surface area contributed by atoms with Crippen molar-refractivity contribution in [2.45, 2.75) is 25.8 Å².